The lowest BCUT2D eigenvalue weighted by molar-refractivity contribution is 0.111. The molecule has 15 nitrogen and oxygen atoms in total. The van der Waals surface area contributed by atoms with Crippen molar-refractivity contribution in [2.24, 2.45) is 0 Å². The third kappa shape index (κ3) is 20.2. The molecule has 0 unspecified atom stereocenters. The molecule has 0 aliphatic rings. The summed E-state index contributed by atoms with van der Waals surface area (Å²) in [5.74, 6) is 2.52. The number of benzene rings is 11. The van der Waals surface area contributed by atoms with Crippen LogP contribution in [0.5, 0.6) is 17.2 Å². The van der Waals surface area contributed by atoms with E-state index in [0.29, 0.717) is 59.6 Å². The van der Waals surface area contributed by atoms with Gasteiger partial charge in [0.05, 0.1) is 80.7 Å². The van der Waals surface area contributed by atoms with Crippen LogP contribution >= 0.6 is 7.60 Å². The summed E-state index contributed by atoms with van der Waals surface area (Å²) < 4.78 is 39.7. The quantitative estimate of drug-likeness (QED) is 0.0205. The molecule has 0 saturated heterocycles. The number of para-hydroxylation sites is 3. The molecule has 0 spiro atoms. The first kappa shape index (κ1) is 74.4. The monoisotopic (exact) mass is 1380 g/mol. The Labute approximate surface area is 603 Å². The Morgan fingerprint density at radius 1 is 0.369 bits per heavy atom. The number of carbonyl (C=O) groups is 2. The number of rotatable bonds is 27. The Kier molecular flexibility index (Phi) is 27.4. The molecule has 16 heteroatoms. The maximum atomic E-state index is 12.5. The summed E-state index contributed by atoms with van der Waals surface area (Å²) in [7, 11) is -3.38. The molecule has 0 aromatic heterocycles. The van der Waals surface area contributed by atoms with Gasteiger partial charge in [-0.15, -0.1) is 0 Å². The predicted molar refractivity (Wildman–Crippen MR) is 413 cm³/mol. The fourth-order valence-corrected chi connectivity index (χ4v) is 12.8. The van der Waals surface area contributed by atoms with Gasteiger partial charge in [0.15, 0.2) is 12.0 Å². The van der Waals surface area contributed by atoms with Crippen LogP contribution < -0.4 is 28.9 Å². The number of anilines is 9. The van der Waals surface area contributed by atoms with Crippen LogP contribution in [0, 0.1) is 40.6 Å². The molecule has 0 atom stereocenters. The third-order valence-electron chi connectivity index (χ3n) is 15.9. The number of hydrogen-bond donors (Lipinski definition) is 0. The van der Waals surface area contributed by atoms with Gasteiger partial charge >= 0.3 is 7.60 Å². The zero-order valence-corrected chi connectivity index (χ0v) is 58.8. The van der Waals surface area contributed by atoms with Gasteiger partial charge in [-0.25, -0.2) is 4.85 Å². The van der Waals surface area contributed by atoms with Crippen LogP contribution in [-0.4, -0.2) is 45.6 Å². The van der Waals surface area contributed by atoms with Crippen molar-refractivity contribution in [1.29, 1.82) is 15.8 Å². The van der Waals surface area contributed by atoms with Crippen molar-refractivity contribution in [2.75, 3.05) is 47.7 Å². The van der Waals surface area contributed by atoms with E-state index in [1.54, 1.807) is 26.0 Å². The van der Waals surface area contributed by atoms with E-state index < -0.39 is 7.60 Å². The van der Waals surface area contributed by atoms with Crippen LogP contribution in [0.3, 0.4) is 0 Å². The van der Waals surface area contributed by atoms with Gasteiger partial charge in [-0.1, -0.05) is 103 Å². The summed E-state index contributed by atoms with van der Waals surface area (Å²) in [6.45, 7) is 19.6. The lowest BCUT2D eigenvalue weighted by atomic mass is 10.0. The first-order valence-corrected chi connectivity index (χ1v) is 35.3. The molecule has 0 bridgehead atoms. The second kappa shape index (κ2) is 37.9. The van der Waals surface area contributed by atoms with Crippen LogP contribution in [0.2, 0.25) is 0 Å². The van der Waals surface area contributed by atoms with Crippen molar-refractivity contribution >= 4 is 101 Å². The minimum atomic E-state index is -3.38. The van der Waals surface area contributed by atoms with Gasteiger partial charge in [-0.2, -0.15) is 15.8 Å². The Bertz CT molecular complexity index is 4680. The van der Waals surface area contributed by atoms with E-state index in [1.165, 1.54) is 12.1 Å². The molecule has 0 fully saturated rings. The molecule has 11 aromatic carbocycles. The van der Waals surface area contributed by atoms with Crippen molar-refractivity contribution in [3.8, 4) is 35.5 Å². The number of ether oxygens (including phenoxy) is 3. The highest BCUT2D eigenvalue weighted by molar-refractivity contribution is 7.53. The Hall–Kier alpha value is -12.9. The molecule has 103 heavy (non-hydrogen) atoms. The van der Waals surface area contributed by atoms with Gasteiger partial charge in [0, 0.05) is 62.3 Å². The van der Waals surface area contributed by atoms with Crippen LogP contribution in [-0.2, 0) is 19.8 Å². The van der Waals surface area contributed by atoms with Crippen LogP contribution in [0.25, 0.3) is 29.1 Å². The molecule has 0 heterocycles. The molecule has 0 radical (unpaired) electrons. The van der Waals surface area contributed by atoms with Gasteiger partial charge in [-0.05, 0) is 244 Å². The summed E-state index contributed by atoms with van der Waals surface area (Å²) in [6.07, 6.45) is 8.99. The van der Waals surface area contributed by atoms with Gasteiger partial charge < -0.3 is 38.0 Å². The van der Waals surface area contributed by atoms with E-state index >= 15 is 0 Å². The Balaban J connectivity index is 0.000000223. The van der Waals surface area contributed by atoms with Gasteiger partial charge in [0.2, 0.25) is 0 Å². The molecule has 0 aliphatic heterocycles. The molecule has 0 saturated carbocycles. The Morgan fingerprint density at radius 3 is 1.01 bits per heavy atom. The molecular formula is C87H76N7O8P. The number of hydrogen-bond acceptors (Lipinski definition) is 14. The number of carbonyl (C=O) groups excluding carboxylic acids is 2. The average molecular weight is 1380 g/mol. The fraction of sp³-hybridized carbons (Fsp3) is 0.126. The summed E-state index contributed by atoms with van der Waals surface area (Å²) in [5, 5.41) is 28.3. The summed E-state index contributed by atoms with van der Waals surface area (Å²) >= 11 is 0. The first-order valence-electron chi connectivity index (χ1n) is 33.5. The van der Waals surface area contributed by atoms with Crippen molar-refractivity contribution in [1.82, 2.24) is 0 Å². The Morgan fingerprint density at radius 2 is 0.689 bits per heavy atom. The van der Waals surface area contributed by atoms with Crippen LogP contribution in [0.15, 0.2) is 261 Å². The maximum Gasteiger partial charge on any atom is 0.335 e. The number of nitriles is 3. The minimum absolute atomic E-state index is 0.120. The van der Waals surface area contributed by atoms with Crippen LogP contribution in [0.1, 0.15) is 99.8 Å². The van der Waals surface area contributed by atoms with Gasteiger partial charge in [-0.3, -0.25) is 14.2 Å². The second-order valence-electron chi connectivity index (χ2n) is 22.6. The van der Waals surface area contributed by atoms with E-state index in [-0.39, 0.29) is 36.1 Å². The highest BCUT2D eigenvalue weighted by atomic mass is 31.2. The third-order valence-corrected chi connectivity index (χ3v) is 17.9. The molecule has 11 aromatic rings. The molecule has 0 N–H and O–H groups in total. The zero-order chi connectivity index (χ0) is 72.8. The molecule has 0 amide bonds. The van der Waals surface area contributed by atoms with E-state index in [2.05, 4.69) is 135 Å². The SMILES string of the molecule is CCOP(=O)(Cc1cc(C#N)c(C=O)cc1C#N)OCC.CCOc1ccc(N(c2ccccc2)c2ccc(C=O)cc2)cc1.[C-]#[N+]c1cc(/C=C/c2ccc(N(c3ccccc3)c3ccc(OCC)cc3)cc2)c(C#N)cc1/C=C/c1ccc(N(c2ccccc2)c2ccc(OCC)cc2)cc1. The standard InChI is InChI=1S/C52H42N4O2.C21H19NO2.C14H15N2O4P/c1-4-57-50-32-28-48(29-33-50)55(44-12-8-6-9-13-44)46-24-18-39(19-25-46)16-22-41-37-52(54-3)42(36-43(41)38-53)23-17-40-20-26-47(27-21-40)56(45-14-10-7-11-15-45)49-30-34-51(35-31-49)58-5-2;1-2-24-21-14-12-20(13-15-21)22(18-6-4-3-5-7-18)19-10-8-17(16-23)9-11-19;1-3-19-21(18,20-4-2)10-14-6-11(7-15)13(9-17)5-12(14)8-16/h6-37H,4-5H2,1-2H3;3-16H,2H2,1H3;5-6,9H,3-4,10H2,1-2H3/b22-16+,23-17+;;. The van der Waals surface area contributed by atoms with E-state index in [0.717, 1.165) is 85.8 Å². The van der Waals surface area contributed by atoms with Crippen LogP contribution in [0.4, 0.5) is 56.9 Å². The maximum absolute atomic E-state index is 12.5. The first-order chi connectivity index (χ1) is 50.4. The number of nitrogens with zero attached hydrogens (tertiary/aromatic N) is 7. The van der Waals surface area contributed by atoms with E-state index in [9.17, 15) is 19.4 Å². The molecular weight excluding hydrogens is 1300 g/mol. The van der Waals surface area contributed by atoms with Crippen molar-refractivity contribution < 1.29 is 37.4 Å². The minimum Gasteiger partial charge on any atom is -0.494 e. The zero-order valence-electron chi connectivity index (χ0n) is 57.9. The lowest BCUT2D eigenvalue weighted by Gasteiger charge is -2.25. The van der Waals surface area contributed by atoms with Crippen molar-refractivity contribution in [3.05, 3.63) is 328 Å². The highest BCUT2D eigenvalue weighted by Crippen LogP contribution is 2.52. The van der Waals surface area contributed by atoms with Crippen molar-refractivity contribution in [2.45, 2.75) is 40.8 Å². The normalized spacial score (nSPS) is 10.7. The van der Waals surface area contributed by atoms with Crippen molar-refractivity contribution in [3.63, 3.8) is 0 Å². The second-order valence-corrected chi connectivity index (χ2v) is 24.7. The van der Waals surface area contributed by atoms with Gasteiger partial charge in [0.1, 0.15) is 23.5 Å². The summed E-state index contributed by atoms with van der Waals surface area (Å²) in [4.78, 5) is 32.2. The smallest absolute Gasteiger partial charge is 0.335 e. The predicted octanol–water partition coefficient (Wildman–Crippen LogP) is 22.6. The summed E-state index contributed by atoms with van der Waals surface area (Å²) in [6, 6.07) is 91.3. The average Bonchev–Trinajstić information content (AvgIpc) is 0.836. The van der Waals surface area contributed by atoms with Gasteiger partial charge in [0.25, 0.3) is 0 Å². The highest BCUT2D eigenvalue weighted by Gasteiger charge is 2.27. The molecule has 11 rings (SSSR count). The largest absolute Gasteiger partial charge is 0.494 e. The molecule has 512 valence electrons. The topological polar surface area (TPSA) is 183 Å². The summed E-state index contributed by atoms with van der Waals surface area (Å²) in [5.41, 5.74) is 15.0. The van der Waals surface area contributed by atoms with E-state index in [1.807, 2.05) is 185 Å². The molecule has 0 aliphatic carbocycles. The fourth-order valence-electron chi connectivity index (χ4n) is 11.1. The van der Waals surface area contributed by atoms with E-state index in [4.69, 9.17) is 40.4 Å². The lowest BCUT2D eigenvalue weighted by Crippen LogP contribution is -2.09. The number of aldehydes is 2.